The van der Waals surface area contributed by atoms with Gasteiger partial charge in [-0.15, -0.1) is 0 Å². The Morgan fingerprint density at radius 1 is 0.322 bits per heavy atom. The van der Waals surface area contributed by atoms with E-state index in [1.54, 1.807) is 0 Å². The molecule has 1 spiro atoms. The maximum absolute atomic E-state index is 6.56. The van der Waals surface area contributed by atoms with Crippen molar-refractivity contribution in [1.82, 2.24) is 0 Å². The van der Waals surface area contributed by atoms with E-state index >= 15 is 0 Å². The second-order valence-corrected chi connectivity index (χ2v) is 16.2. The van der Waals surface area contributed by atoms with Crippen LogP contribution in [0.1, 0.15) is 22.3 Å². The highest BCUT2D eigenvalue weighted by atomic mass is 16.5. The second-order valence-electron chi connectivity index (χ2n) is 16.2. The molecule has 0 radical (unpaired) electrons. The minimum atomic E-state index is -0.480. The topological polar surface area (TPSA) is 22.4 Å². The standard InChI is InChI=1S/C57H32O2/c1-6-19-46-38(12-1)39-13-2-7-20-47(39)57(46)48-21-8-3-16-45(48)56-49(57)31-35-30-33(36-28-29-52-55-43(36)17-11-18-44(55)41-15-5-10-23-51(41)58-52)24-26-37(35)54(56)34-25-27-42-40-14-4-9-22-50(40)59-53(42)32-34/h1-32H. The van der Waals surface area contributed by atoms with Gasteiger partial charge in [-0.2, -0.15) is 0 Å². The first-order valence-electron chi connectivity index (χ1n) is 20.4. The molecule has 59 heavy (non-hydrogen) atoms. The number of rotatable bonds is 2. The van der Waals surface area contributed by atoms with E-state index in [4.69, 9.17) is 9.15 Å². The van der Waals surface area contributed by atoms with E-state index in [1.165, 1.54) is 82.9 Å². The summed E-state index contributed by atoms with van der Waals surface area (Å²) in [5, 5.41) is 7.04. The molecule has 0 saturated carbocycles. The van der Waals surface area contributed by atoms with Gasteiger partial charge in [0, 0.05) is 21.7 Å². The summed E-state index contributed by atoms with van der Waals surface area (Å²) in [5.74, 6) is 1.80. The number of hydrogen-bond acceptors (Lipinski definition) is 2. The largest absolute Gasteiger partial charge is 0.456 e. The molecule has 0 amide bonds. The number of ether oxygens (including phenoxy) is 1. The predicted octanol–water partition coefficient (Wildman–Crippen LogP) is 15.3. The Bertz CT molecular complexity index is 3610. The molecule has 1 aromatic heterocycles. The first-order valence-corrected chi connectivity index (χ1v) is 20.4. The van der Waals surface area contributed by atoms with Gasteiger partial charge in [0.25, 0.3) is 0 Å². The van der Waals surface area contributed by atoms with E-state index in [1.807, 2.05) is 12.1 Å². The van der Waals surface area contributed by atoms with E-state index in [0.717, 1.165) is 50.0 Å². The normalized spacial score (nSPS) is 13.7. The molecule has 0 bridgehead atoms. The van der Waals surface area contributed by atoms with Crippen molar-refractivity contribution in [2.24, 2.45) is 0 Å². The molecule has 0 unspecified atom stereocenters. The zero-order chi connectivity index (χ0) is 38.4. The fraction of sp³-hybridized carbons (Fsp3) is 0.0175. The number of furan rings is 1. The lowest BCUT2D eigenvalue weighted by molar-refractivity contribution is 0.487. The molecule has 11 aromatic rings. The van der Waals surface area contributed by atoms with E-state index in [0.29, 0.717) is 0 Å². The molecule has 2 nitrogen and oxygen atoms in total. The molecule has 1 aliphatic heterocycles. The highest BCUT2D eigenvalue weighted by molar-refractivity contribution is 6.15. The maximum atomic E-state index is 6.56. The quantitative estimate of drug-likeness (QED) is 0.176. The van der Waals surface area contributed by atoms with Gasteiger partial charge in [0.2, 0.25) is 0 Å². The first-order chi connectivity index (χ1) is 29.3. The van der Waals surface area contributed by atoms with Crippen molar-refractivity contribution in [3.05, 3.63) is 216 Å². The Balaban J connectivity index is 1.10. The summed E-state index contributed by atoms with van der Waals surface area (Å²) >= 11 is 0. The Labute approximate surface area is 340 Å². The molecular formula is C57H32O2. The highest BCUT2D eigenvalue weighted by Gasteiger charge is 2.52. The fourth-order valence-electron chi connectivity index (χ4n) is 11.2. The van der Waals surface area contributed by atoms with E-state index in [2.05, 4.69) is 182 Å². The van der Waals surface area contributed by atoms with E-state index in [-0.39, 0.29) is 0 Å². The van der Waals surface area contributed by atoms with E-state index < -0.39 is 5.41 Å². The number of benzene rings is 10. The molecule has 2 heteroatoms. The van der Waals surface area contributed by atoms with Crippen LogP contribution in [0.2, 0.25) is 0 Å². The molecule has 0 N–H and O–H groups in total. The average Bonchev–Trinajstić information content (AvgIpc) is 3.92. The van der Waals surface area contributed by atoms with Gasteiger partial charge in [-0.3, -0.25) is 0 Å². The highest BCUT2D eigenvalue weighted by Crippen LogP contribution is 2.65. The third-order valence-corrected chi connectivity index (χ3v) is 13.5. The zero-order valence-corrected chi connectivity index (χ0v) is 31.8. The third-order valence-electron chi connectivity index (χ3n) is 13.5. The van der Waals surface area contributed by atoms with Crippen LogP contribution in [0.3, 0.4) is 0 Å². The Morgan fingerprint density at radius 2 is 0.949 bits per heavy atom. The zero-order valence-electron chi connectivity index (χ0n) is 31.8. The molecule has 0 saturated heterocycles. The monoisotopic (exact) mass is 748 g/mol. The first kappa shape index (κ1) is 31.4. The summed E-state index contributed by atoms with van der Waals surface area (Å²) in [6, 6.07) is 71.4. The maximum Gasteiger partial charge on any atom is 0.136 e. The minimum absolute atomic E-state index is 0.480. The second kappa shape index (κ2) is 11.2. The van der Waals surface area contributed by atoms with Crippen LogP contribution in [-0.2, 0) is 5.41 Å². The lowest BCUT2D eigenvalue weighted by atomic mass is 9.70. The van der Waals surface area contributed by atoms with Crippen LogP contribution in [0, 0.1) is 0 Å². The third kappa shape index (κ3) is 3.96. The smallest absolute Gasteiger partial charge is 0.136 e. The summed E-state index contributed by atoms with van der Waals surface area (Å²) in [7, 11) is 0. The fourth-order valence-corrected chi connectivity index (χ4v) is 11.2. The van der Waals surface area contributed by atoms with Gasteiger partial charge in [-0.05, 0) is 131 Å². The Morgan fingerprint density at radius 3 is 1.78 bits per heavy atom. The van der Waals surface area contributed by atoms with Crippen molar-refractivity contribution < 1.29 is 9.15 Å². The summed E-state index contributed by atoms with van der Waals surface area (Å²) in [5.41, 5.74) is 18.9. The molecule has 3 aliphatic rings. The van der Waals surface area contributed by atoms with Crippen LogP contribution in [0.4, 0.5) is 0 Å². The number of hydrogen-bond donors (Lipinski definition) is 0. The molecule has 2 heterocycles. The Hall–Kier alpha value is -7.68. The van der Waals surface area contributed by atoms with Crippen molar-refractivity contribution in [3.8, 4) is 67.1 Å². The lowest BCUT2D eigenvalue weighted by Gasteiger charge is -2.31. The van der Waals surface area contributed by atoms with Gasteiger partial charge in [0.15, 0.2) is 0 Å². The molecule has 0 fully saturated rings. The molecule has 2 aliphatic carbocycles. The van der Waals surface area contributed by atoms with Crippen molar-refractivity contribution in [3.63, 3.8) is 0 Å². The lowest BCUT2D eigenvalue weighted by Crippen LogP contribution is -2.25. The van der Waals surface area contributed by atoms with Gasteiger partial charge in [-0.25, -0.2) is 0 Å². The molecular weight excluding hydrogens is 717 g/mol. The van der Waals surface area contributed by atoms with Crippen molar-refractivity contribution in [2.75, 3.05) is 0 Å². The number of fused-ring (bicyclic) bond motifs is 16. The van der Waals surface area contributed by atoms with Crippen LogP contribution < -0.4 is 4.74 Å². The van der Waals surface area contributed by atoms with Gasteiger partial charge in [0.05, 0.1) is 5.41 Å². The average molecular weight is 749 g/mol. The van der Waals surface area contributed by atoms with Crippen LogP contribution in [0.25, 0.3) is 99.1 Å². The minimum Gasteiger partial charge on any atom is -0.456 e. The van der Waals surface area contributed by atoms with Crippen LogP contribution in [-0.4, -0.2) is 0 Å². The molecule has 272 valence electrons. The summed E-state index contributed by atoms with van der Waals surface area (Å²) in [6.07, 6.45) is 0. The van der Waals surface area contributed by atoms with Crippen LogP contribution in [0.5, 0.6) is 11.5 Å². The molecule has 0 atom stereocenters. The van der Waals surface area contributed by atoms with E-state index in [9.17, 15) is 0 Å². The summed E-state index contributed by atoms with van der Waals surface area (Å²) in [6.45, 7) is 0. The number of para-hydroxylation sites is 2. The Kier molecular flexibility index (Phi) is 5.99. The SMILES string of the molecule is c1ccc2c(c1)Oc1ccc(-c3ccc4c(-c5ccc6c(c5)oc5ccccc56)c5c(cc4c3)C3(c4ccccc4-c4ccccc43)c3ccccc3-5)c3cccc-2c13. The molecule has 10 aromatic carbocycles. The van der Waals surface area contributed by atoms with Crippen molar-refractivity contribution in [1.29, 1.82) is 0 Å². The summed E-state index contributed by atoms with van der Waals surface area (Å²) in [4.78, 5) is 0. The van der Waals surface area contributed by atoms with Crippen molar-refractivity contribution in [2.45, 2.75) is 5.41 Å². The van der Waals surface area contributed by atoms with Gasteiger partial charge in [-0.1, -0.05) is 152 Å². The molecule has 14 rings (SSSR count). The van der Waals surface area contributed by atoms with Gasteiger partial charge >= 0.3 is 0 Å². The van der Waals surface area contributed by atoms with Crippen molar-refractivity contribution >= 4 is 43.5 Å². The predicted molar refractivity (Wildman–Crippen MR) is 241 cm³/mol. The van der Waals surface area contributed by atoms with Crippen LogP contribution in [0.15, 0.2) is 199 Å². The van der Waals surface area contributed by atoms with Gasteiger partial charge < -0.3 is 9.15 Å². The van der Waals surface area contributed by atoms with Crippen LogP contribution >= 0.6 is 0 Å². The summed E-state index contributed by atoms with van der Waals surface area (Å²) < 4.78 is 13.1. The van der Waals surface area contributed by atoms with Gasteiger partial charge in [0.1, 0.15) is 22.7 Å².